The van der Waals surface area contributed by atoms with E-state index in [1.165, 1.54) is 103 Å². The van der Waals surface area contributed by atoms with Gasteiger partial charge in [0.05, 0.1) is 0 Å². The summed E-state index contributed by atoms with van der Waals surface area (Å²) in [5, 5.41) is 0. The number of rotatable bonds is 17. The first-order valence-corrected chi connectivity index (χ1v) is 9.92. The van der Waals surface area contributed by atoms with Crippen molar-refractivity contribution in [3.63, 3.8) is 0 Å². The van der Waals surface area contributed by atoms with Crippen LogP contribution in [0, 0.1) is 5.92 Å². The molecular formula is C21H42. The second-order valence-corrected chi connectivity index (χ2v) is 7.01. The lowest BCUT2D eigenvalue weighted by atomic mass is 9.99. The molecule has 0 aromatic rings. The molecule has 0 unspecified atom stereocenters. The molecule has 0 bridgehead atoms. The lowest BCUT2D eigenvalue weighted by molar-refractivity contribution is 0.482. The molecule has 0 heteroatoms. The molecule has 0 N–H and O–H groups in total. The van der Waals surface area contributed by atoms with E-state index in [0.29, 0.717) is 0 Å². The Bertz CT molecular complexity index is 194. The van der Waals surface area contributed by atoms with Crippen LogP contribution in [0.25, 0.3) is 0 Å². The first kappa shape index (κ1) is 20.7. The monoisotopic (exact) mass is 294 g/mol. The van der Waals surface area contributed by atoms with E-state index in [4.69, 9.17) is 0 Å². The molecule has 0 nitrogen and oxygen atoms in total. The predicted molar refractivity (Wildman–Crippen MR) is 98.9 cm³/mol. The highest BCUT2D eigenvalue weighted by atomic mass is 14.0. The highest BCUT2D eigenvalue weighted by Crippen LogP contribution is 2.16. The molecule has 0 aromatic heterocycles. The van der Waals surface area contributed by atoms with E-state index in [1.807, 2.05) is 0 Å². The van der Waals surface area contributed by atoms with E-state index in [0.717, 1.165) is 5.92 Å². The first-order valence-electron chi connectivity index (χ1n) is 9.92. The van der Waals surface area contributed by atoms with Crippen LogP contribution in [0.4, 0.5) is 0 Å². The van der Waals surface area contributed by atoms with Gasteiger partial charge in [-0.1, -0.05) is 116 Å². The van der Waals surface area contributed by atoms with Gasteiger partial charge >= 0.3 is 0 Å². The number of hydrogen-bond donors (Lipinski definition) is 0. The zero-order valence-corrected chi connectivity index (χ0v) is 15.2. The summed E-state index contributed by atoms with van der Waals surface area (Å²) in [5.74, 6) is 0.847. The Balaban J connectivity index is 3.01. The van der Waals surface area contributed by atoms with E-state index >= 15 is 0 Å². The van der Waals surface area contributed by atoms with Crippen LogP contribution < -0.4 is 0 Å². The van der Waals surface area contributed by atoms with Crippen molar-refractivity contribution in [2.24, 2.45) is 5.92 Å². The largest absolute Gasteiger partial charge is 0.103 e. The summed E-state index contributed by atoms with van der Waals surface area (Å²) < 4.78 is 0. The van der Waals surface area contributed by atoms with Gasteiger partial charge < -0.3 is 0 Å². The van der Waals surface area contributed by atoms with Crippen molar-refractivity contribution in [2.45, 2.75) is 117 Å². The van der Waals surface area contributed by atoms with Crippen LogP contribution in [0.2, 0.25) is 0 Å². The smallest absolute Gasteiger partial charge is 0.0328 e. The van der Waals surface area contributed by atoms with Gasteiger partial charge in [0, 0.05) is 0 Å². The van der Waals surface area contributed by atoms with Crippen LogP contribution >= 0.6 is 0 Å². The molecule has 0 aliphatic heterocycles. The Hall–Kier alpha value is -0.260. The minimum Gasteiger partial charge on any atom is -0.103 e. The zero-order chi connectivity index (χ0) is 15.6. The lowest BCUT2D eigenvalue weighted by Crippen LogP contribution is -1.92. The minimum absolute atomic E-state index is 0.847. The summed E-state index contributed by atoms with van der Waals surface area (Å²) >= 11 is 0. The Morgan fingerprint density at radius 3 is 1.43 bits per heavy atom. The van der Waals surface area contributed by atoms with Crippen LogP contribution in [-0.2, 0) is 0 Å². The molecule has 0 aliphatic carbocycles. The molecule has 0 rings (SSSR count). The topological polar surface area (TPSA) is 0 Å². The van der Waals surface area contributed by atoms with E-state index in [-0.39, 0.29) is 0 Å². The van der Waals surface area contributed by atoms with Crippen molar-refractivity contribution in [3.05, 3.63) is 12.7 Å². The van der Waals surface area contributed by atoms with Crippen LogP contribution in [0.1, 0.15) is 117 Å². The SMILES string of the molecule is C=CC[C@@H](C)CCCCCCCCCCCCCCCC. The van der Waals surface area contributed by atoms with Gasteiger partial charge in [-0.2, -0.15) is 0 Å². The van der Waals surface area contributed by atoms with Gasteiger partial charge in [-0.25, -0.2) is 0 Å². The van der Waals surface area contributed by atoms with Gasteiger partial charge in [0.1, 0.15) is 0 Å². The second-order valence-electron chi connectivity index (χ2n) is 7.01. The molecule has 0 saturated heterocycles. The Morgan fingerprint density at radius 2 is 1.05 bits per heavy atom. The van der Waals surface area contributed by atoms with Gasteiger partial charge in [-0.3, -0.25) is 0 Å². The molecule has 0 radical (unpaired) electrons. The Morgan fingerprint density at radius 1 is 0.667 bits per heavy atom. The fourth-order valence-electron chi connectivity index (χ4n) is 3.09. The quantitative estimate of drug-likeness (QED) is 0.188. The summed E-state index contributed by atoms with van der Waals surface area (Å²) in [6.07, 6.45) is 25.0. The van der Waals surface area contributed by atoms with Crippen LogP contribution in [0.15, 0.2) is 12.7 Å². The van der Waals surface area contributed by atoms with Gasteiger partial charge in [0.2, 0.25) is 0 Å². The Kier molecular flexibility index (Phi) is 17.6. The van der Waals surface area contributed by atoms with E-state index in [9.17, 15) is 0 Å². The second kappa shape index (κ2) is 17.8. The molecule has 0 amide bonds. The third-order valence-electron chi connectivity index (χ3n) is 4.62. The molecule has 0 aliphatic rings. The van der Waals surface area contributed by atoms with E-state index < -0.39 is 0 Å². The molecule has 126 valence electrons. The van der Waals surface area contributed by atoms with Crippen LogP contribution in [-0.4, -0.2) is 0 Å². The third kappa shape index (κ3) is 17.7. The van der Waals surface area contributed by atoms with Gasteiger partial charge in [0.25, 0.3) is 0 Å². The molecule has 0 fully saturated rings. The fourth-order valence-corrected chi connectivity index (χ4v) is 3.09. The number of unbranched alkanes of at least 4 members (excludes halogenated alkanes) is 13. The maximum absolute atomic E-state index is 3.82. The Labute approximate surface area is 135 Å². The van der Waals surface area contributed by atoms with Crippen molar-refractivity contribution in [2.75, 3.05) is 0 Å². The van der Waals surface area contributed by atoms with Crippen molar-refractivity contribution in [3.8, 4) is 0 Å². The predicted octanol–water partition coefficient (Wildman–Crippen LogP) is 8.07. The van der Waals surface area contributed by atoms with Crippen molar-refractivity contribution in [1.29, 1.82) is 0 Å². The van der Waals surface area contributed by atoms with E-state index in [2.05, 4.69) is 26.5 Å². The van der Waals surface area contributed by atoms with Gasteiger partial charge in [-0.15, -0.1) is 6.58 Å². The normalized spacial score (nSPS) is 12.5. The maximum atomic E-state index is 3.82. The van der Waals surface area contributed by atoms with Crippen LogP contribution in [0.5, 0.6) is 0 Å². The average Bonchev–Trinajstić information content (AvgIpc) is 2.48. The lowest BCUT2D eigenvalue weighted by Gasteiger charge is -2.07. The zero-order valence-electron chi connectivity index (χ0n) is 15.2. The number of allylic oxidation sites excluding steroid dienone is 1. The van der Waals surface area contributed by atoms with Crippen LogP contribution in [0.3, 0.4) is 0 Å². The van der Waals surface area contributed by atoms with Gasteiger partial charge in [0.15, 0.2) is 0 Å². The molecule has 1 atom stereocenters. The van der Waals surface area contributed by atoms with Crippen molar-refractivity contribution in [1.82, 2.24) is 0 Å². The summed E-state index contributed by atoms with van der Waals surface area (Å²) in [6.45, 7) is 8.46. The third-order valence-corrected chi connectivity index (χ3v) is 4.62. The number of hydrogen-bond acceptors (Lipinski definition) is 0. The van der Waals surface area contributed by atoms with Gasteiger partial charge in [-0.05, 0) is 12.3 Å². The molecule has 21 heavy (non-hydrogen) atoms. The first-order chi connectivity index (χ1) is 10.3. The molecule has 0 saturated carbocycles. The van der Waals surface area contributed by atoms with Crippen molar-refractivity contribution < 1.29 is 0 Å². The molecule has 0 heterocycles. The molecule has 0 spiro atoms. The van der Waals surface area contributed by atoms with E-state index in [1.54, 1.807) is 0 Å². The average molecular weight is 295 g/mol. The maximum Gasteiger partial charge on any atom is -0.0328 e. The fraction of sp³-hybridized carbons (Fsp3) is 0.905. The highest BCUT2D eigenvalue weighted by Gasteiger charge is 1.99. The van der Waals surface area contributed by atoms with Crippen molar-refractivity contribution >= 4 is 0 Å². The summed E-state index contributed by atoms with van der Waals surface area (Å²) in [6, 6.07) is 0. The summed E-state index contributed by atoms with van der Waals surface area (Å²) in [7, 11) is 0. The summed E-state index contributed by atoms with van der Waals surface area (Å²) in [5.41, 5.74) is 0. The minimum atomic E-state index is 0.847. The highest BCUT2D eigenvalue weighted by molar-refractivity contribution is 4.70. The molecule has 0 aromatic carbocycles. The summed E-state index contributed by atoms with van der Waals surface area (Å²) in [4.78, 5) is 0. The molecular weight excluding hydrogens is 252 g/mol. The standard InChI is InChI=1S/C21H42/c1-4-6-7-8-9-10-11-12-13-14-15-16-17-18-20-21(3)19-5-2/h5,21H,2,4,6-20H2,1,3H3/t21-/m1/s1.